The quantitative estimate of drug-likeness (QED) is 0.173. The Morgan fingerprint density at radius 1 is 0.872 bits per heavy atom. The van der Waals surface area contributed by atoms with Gasteiger partial charge in [-0.05, 0) is 65.9 Å². The van der Waals surface area contributed by atoms with Crippen LogP contribution in [0.15, 0.2) is 59.6 Å². The molecule has 2 amide bonds. The minimum Gasteiger partial charge on any atom is -0.493 e. The second-order valence-electron chi connectivity index (χ2n) is 10.2. The van der Waals surface area contributed by atoms with Crippen molar-refractivity contribution in [2.24, 2.45) is 10.7 Å². The lowest BCUT2D eigenvalue weighted by atomic mass is 10.0. The van der Waals surface area contributed by atoms with Gasteiger partial charge < -0.3 is 34.9 Å². The van der Waals surface area contributed by atoms with Crippen molar-refractivity contribution in [3.63, 3.8) is 0 Å². The van der Waals surface area contributed by atoms with Gasteiger partial charge in [-0.15, -0.1) is 0 Å². The van der Waals surface area contributed by atoms with E-state index in [1.54, 1.807) is 48.5 Å². The van der Waals surface area contributed by atoms with Gasteiger partial charge in [-0.2, -0.15) is 18.2 Å². The summed E-state index contributed by atoms with van der Waals surface area (Å²) in [4.78, 5) is 30.0. The number of aliphatic imine (C=N–C) groups is 1. The summed E-state index contributed by atoms with van der Waals surface area (Å²) in [5.41, 5.74) is 7.76. The molecule has 0 aliphatic heterocycles. The maximum absolute atomic E-state index is 13.8. The van der Waals surface area contributed by atoms with Crippen molar-refractivity contribution in [1.82, 2.24) is 10.2 Å². The van der Waals surface area contributed by atoms with Crippen LogP contribution in [-0.4, -0.2) is 76.4 Å². The van der Waals surface area contributed by atoms with Crippen molar-refractivity contribution in [2.45, 2.75) is 31.5 Å². The number of alkyl halides is 3. The van der Waals surface area contributed by atoms with Crippen molar-refractivity contribution >= 4 is 41.0 Å². The molecule has 3 aromatic rings. The van der Waals surface area contributed by atoms with E-state index in [-0.39, 0.29) is 36.8 Å². The molecule has 0 spiro atoms. The number of amides is 2. The molecule has 0 heterocycles. The van der Waals surface area contributed by atoms with E-state index in [9.17, 15) is 22.8 Å². The van der Waals surface area contributed by atoms with Crippen LogP contribution in [0.25, 0.3) is 0 Å². The minimum atomic E-state index is -5.16. The number of nitrogens with one attached hydrogen (secondary N) is 1. The third-order valence-corrected chi connectivity index (χ3v) is 7.56. The molecule has 3 aromatic carbocycles. The first-order chi connectivity index (χ1) is 22.3. The molecule has 0 aliphatic carbocycles. The lowest BCUT2D eigenvalue weighted by Crippen LogP contribution is -2.52. The van der Waals surface area contributed by atoms with Crippen molar-refractivity contribution in [3.8, 4) is 23.0 Å². The van der Waals surface area contributed by atoms with E-state index in [0.717, 1.165) is 0 Å². The molecule has 3 N–H and O–H groups in total. The highest BCUT2D eigenvalue weighted by Crippen LogP contribution is 2.29. The fraction of sp³-hybridized carbons (Fsp3) is 0.344. The van der Waals surface area contributed by atoms with E-state index in [1.165, 1.54) is 34.5 Å². The van der Waals surface area contributed by atoms with Crippen molar-refractivity contribution in [1.29, 1.82) is 0 Å². The highest BCUT2D eigenvalue weighted by atomic mass is 35.5. The van der Waals surface area contributed by atoms with Crippen LogP contribution in [0.5, 0.6) is 23.0 Å². The Morgan fingerprint density at radius 3 is 2.00 bits per heavy atom. The largest absolute Gasteiger partial charge is 0.493 e. The maximum Gasteiger partial charge on any atom is 0.471 e. The zero-order valence-electron chi connectivity index (χ0n) is 26.1. The number of carbonyl (C=O) groups excluding carboxylic acids is 2. The van der Waals surface area contributed by atoms with Crippen LogP contribution in [0.3, 0.4) is 0 Å². The van der Waals surface area contributed by atoms with Crippen molar-refractivity contribution in [3.05, 3.63) is 81.3 Å². The maximum atomic E-state index is 13.8. The highest BCUT2D eigenvalue weighted by Gasteiger charge is 2.43. The molecule has 0 bridgehead atoms. The van der Waals surface area contributed by atoms with Crippen LogP contribution in [0.1, 0.15) is 16.7 Å². The fourth-order valence-corrected chi connectivity index (χ4v) is 5.20. The van der Waals surface area contributed by atoms with E-state index in [0.29, 0.717) is 49.6 Å². The lowest BCUT2D eigenvalue weighted by Gasteiger charge is -2.29. The summed E-state index contributed by atoms with van der Waals surface area (Å²) in [7, 11) is 5.83. The second kappa shape index (κ2) is 17.0. The number of carbonyl (C=O) groups is 2. The molecule has 15 heteroatoms. The number of ether oxygens (including phenoxy) is 4. The monoisotopic (exact) mass is 698 g/mol. The van der Waals surface area contributed by atoms with E-state index in [1.807, 2.05) is 0 Å². The zero-order valence-corrected chi connectivity index (χ0v) is 27.6. The van der Waals surface area contributed by atoms with E-state index in [4.69, 9.17) is 47.9 Å². The predicted octanol–water partition coefficient (Wildman–Crippen LogP) is 5.25. The molecule has 254 valence electrons. The molecule has 0 radical (unpaired) electrons. The van der Waals surface area contributed by atoms with Crippen molar-refractivity contribution < 1.29 is 41.7 Å². The van der Waals surface area contributed by atoms with Gasteiger partial charge in [-0.25, -0.2) is 0 Å². The van der Waals surface area contributed by atoms with Gasteiger partial charge in [0.05, 0.1) is 40.9 Å². The number of nitrogens with zero attached hydrogens (tertiary/aromatic N) is 2. The number of nitrogens with two attached hydrogens (primary N) is 1. The fourth-order valence-electron chi connectivity index (χ4n) is 4.72. The second-order valence-corrected chi connectivity index (χ2v) is 11.1. The lowest BCUT2D eigenvalue weighted by molar-refractivity contribution is -0.185. The molecule has 0 saturated carbocycles. The number of methoxy groups -OCH3 is 4. The standard InChI is InChI=1S/C32H35Cl2F3N4O6/c1-44-25-9-5-19(13-27(25)46-3)11-12-41(30(43)32(35,36)37)18-23(16-21-7-8-22(33)17-24(21)34)39-31(38)40-29(42)15-20-6-10-26(45-2)28(14-20)47-4/h5-10,13-14,17,23H,11-12,15-16,18H2,1-4H3,(H3,38,39,40,42)/t23-/m1/s1. The first-order valence-electron chi connectivity index (χ1n) is 14.1. The van der Waals surface area contributed by atoms with Crippen LogP contribution in [0.4, 0.5) is 13.2 Å². The Labute approximate surface area is 280 Å². The summed E-state index contributed by atoms with van der Waals surface area (Å²) in [5, 5.41) is 3.41. The van der Waals surface area contributed by atoms with Gasteiger partial charge in [0, 0.05) is 23.1 Å². The summed E-state index contributed by atoms with van der Waals surface area (Å²) in [6.07, 6.45) is -5.24. The average Bonchev–Trinajstić information content (AvgIpc) is 3.02. The number of hydrogen-bond acceptors (Lipinski definition) is 6. The summed E-state index contributed by atoms with van der Waals surface area (Å²) in [6.45, 7) is -0.777. The van der Waals surface area contributed by atoms with Gasteiger partial charge in [0.25, 0.3) is 5.91 Å². The summed E-state index contributed by atoms with van der Waals surface area (Å²) in [5.74, 6) is -1.33. The summed E-state index contributed by atoms with van der Waals surface area (Å²) in [6, 6.07) is 13.5. The van der Waals surface area contributed by atoms with Crippen LogP contribution in [0, 0.1) is 0 Å². The third-order valence-electron chi connectivity index (χ3n) is 6.97. The Bertz CT molecular complexity index is 1590. The van der Waals surface area contributed by atoms with Gasteiger partial charge >= 0.3 is 12.1 Å². The number of halogens is 5. The first kappa shape index (κ1) is 37.1. The zero-order chi connectivity index (χ0) is 34.7. The van der Waals surface area contributed by atoms with E-state index >= 15 is 0 Å². The van der Waals surface area contributed by atoms with E-state index in [2.05, 4.69) is 10.3 Å². The van der Waals surface area contributed by atoms with Gasteiger partial charge in [-0.1, -0.05) is 41.4 Å². The Balaban J connectivity index is 1.87. The molecular formula is C32H35Cl2F3N4O6. The number of hydrogen-bond donors (Lipinski definition) is 2. The number of benzene rings is 3. The SMILES string of the molecule is COc1ccc(CCN(C[C@@H](Cc2ccc(Cl)cc2Cl)NC(N)=NC(=O)Cc2ccc(OC)c(OC)c2)C(=O)C(F)(F)F)cc1OC. The van der Waals surface area contributed by atoms with Crippen LogP contribution >= 0.6 is 23.2 Å². The van der Waals surface area contributed by atoms with Crippen LogP contribution in [0.2, 0.25) is 10.0 Å². The first-order valence-corrected chi connectivity index (χ1v) is 14.9. The van der Waals surface area contributed by atoms with Gasteiger partial charge in [0.1, 0.15) is 0 Å². The average molecular weight is 700 g/mol. The Morgan fingerprint density at radius 2 is 1.45 bits per heavy atom. The smallest absolute Gasteiger partial charge is 0.471 e. The summed E-state index contributed by atoms with van der Waals surface area (Å²) < 4.78 is 62.3. The van der Waals surface area contributed by atoms with E-state index < -0.39 is 30.6 Å². The van der Waals surface area contributed by atoms with Crippen LogP contribution < -0.4 is 30.0 Å². The molecule has 1 atom stereocenters. The topological polar surface area (TPSA) is 125 Å². The summed E-state index contributed by atoms with van der Waals surface area (Å²) >= 11 is 12.4. The molecule has 0 aliphatic rings. The molecule has 10 nitrogen and oxygen atoms in total. The molecule has 0 fully saturated rings. The molecular weight excluding hydrogens is 664 g/mol. The highest BCUT2D eigenvalue weighted by molar-refractivity contribution is 6.35. The molecule has 3 rings (SSSR count). The third kappa shape index (κ3) is 10.9. The molecule has 0 aromatic heterocycles. The van der Waals surface area contributed by atoms with Gasteiger partial charge in [0.15, 0.2) is 29.0 Å². The predicted molar refractivity (Wildman–Crippen MR) is 173 cm³/mol. The Kier molecular flexibility index (Phi) is 13.4. The molecule has 47 heavy (non-hydrogen) atoms. The van der Waals surface area contributed by atoms with Crippen LogP contribution in [-0.2, 0) is 28.9 Å². The van der Waals surface area contributed by atoms with Crippen molar-refractivity contribution in [2.75, 3.05) is 41.5 Å². The number of rotatable bonds is 14. The Hall–Kier alpha value is -4.36. The minimum absolute atomic E-state index is 0.00802. The van der Waals surface area contributed by atoms with Gasteiger partial charge in [0.2, 0.25) is 0 Å². The molecule has 0 unspecified atom stereocenters. The molecule has 0 saturated heterocycles. The normalized spacial score (nSPS) is 12.2. The number of guanidine groups is 1. The van der Waals surface area contributed by atoms with Gasteiger partial charge in [-0.3, -0.25) is 9.59 Å².